The molecule has 5 nitrogen and oxygen atoms in total. The average Bonchev–Trinajstić information content (AvgIpc) is 2.77. The van der Waals surface area contributed by atoms with E-state index in [4.69, 9.17) is 9.47 Å². The second-order valence-corrected chi connectivity index (χ2v) is 6.56. The van der Waals surface area contributed by atoms with Crippen molar-refractivity contribution in [2.24, 2.45) is 0 Å². The number of thiazole rings is 1. The normalized spacial score (nSPS) is 11.6. The van der Waals surface area contributed by atoms with Crippen molar-refractivity contribution in [3.05, 3.63) is 18.2 Å². The van der Waals surface area contributed by atoms with Gasteiger partial charge in [-0.3, -0.25) is 10.1 Å². The Kier molecular flexibility index (Phi) is 4.80. The highest BCUT2D eigenvalue weighted by Crippen LogP contribution is 2.29. The number of aromatic nitrogens is 1. The molecule has 2 aromatic rings. The molecule has 0 aliphatic heterocycles. The van der Waals surface area contributed by atoms with E-state index < -0.39 is 0 Å². The molecule has 6 heteroatoms. The molecular weight excluding hydrogens is 288 g/mol. The maximum absolute atomic E-state index is 11.8. The minimum absolute atomic E-state index is 0.0175. The summed E-state index contributed by atoms with van der Waals surface area (Å²) in [5, 5.41) is 3.33. The quantitative estimate of drug-likeness (QED) is 0.919. The summed E-state index contributed by atoms with van der Waals surface area (Å²) in [6, 6.07) is 5.69. The number of ether oxygens (including phenoxy) is 2. The molecular formula is C15H20N2O3S. The van der Waals surface area contributed by atoms with Crippen LogP contribution in [0.2, 0.25) is 0 Å². The summed E-state index contributed by atoms with van der Waals surface area (Å²) in [7, 11) is 0. The standard InChI is InChI=1S/C15H20N2O3S/c1-5-19-10-6-7-11-12(8-10)21-14(16-11)17-13(18)9-20-15(2,3)4/h6-8H,5,9H2,1-4H3,(H,16,17,18). The Morgan fingerprint density at radius 2 is 2.14 bits per heavy atom. The fourth-order valence-corrected chi connectivity index (χ4v) is 2.56. The van der Waals surface area contributed by atoms with Crippen molar-refractivity contribution in [2.45, 2.75) is 33.3 Å². The summed E-state index contributed by atoms with van der Waals surface area (Å²) in [6.45, 7) is 8.31. The number of hydrogen-bond acceptors (Lipinski definition) is 5. The molecule has 1 amide bonds. The fourth-order valence-electron chi connectivity index (χ4n) is 1.65. The Morgan fingerprint density at radius 3 is 2.81 bits per heavy atom. The SMILES string of the molecule is CCOc1ccc2nc(NC(=O)COC(C)(C)C)sc2c1. The molecule has 0 atom stereocenters. The monoisotopic (exact) mass is 308 g/mol. The van der Waals surface area contributed by atoms with Crippen LogP contribution in [0.3, 0.4) is 0 Å². The summed E-state index contributed by atoms with van der Waals surface area (Å²) < 4.78 is 11.9. The number of benzene rings is 1. The fraction of sp³-hybridized carbons (Fsp3) is 0.467. The molecule has 0 aliphatic carbocycles. The van der Waals surface area contributed by atoms with Crippen LogP contribution in [0.4, 0.5) is 5.13 Å². The van der Waals surface area contributed by atoms with E-state index in [1.807, 2.05) is 45.9 Å². The molecule has 0 saturated heterocycles. The van der Waals surface area contributed by atoms with Gasteiger partial charge in [-0.1, -0.05) is 11.3 Å². The van der Waals surface area contributed by atoms with Gasteiger partial charge in [-0.15, -0.1) is 0 Å². The number of rotatable bonds is 5. The van der Waals surface area contributed by atoms with Crippen molar-refractivity contribution >= 4 is 32.6 Å². The van der Waals surface area contributed by atoms with E-state index in [1.54, 1.807) is 0 Å². The van der Waals surface area contributed by atoms with Crippen LogP contribution >= 0.6 is 11.3 Å². The van der Waals surface area contributed by atoms with E-state index in [0.717, 1.165) is 16.0 Å². The highest BCUT2D eigenvalue weighted by molar-refractivity contribution is 7.22. The summed E-state index contributed by atoms with van der Waals surface area (Å²) in [4.78, 5) is 16.2. The van der Waals surface area contributed by atoms with Gasteiger partial charge in [0.05, 0.1) is 22.4 Å². The minimum Gasteiger partial charge on any atom is -0.494 e. The smallest absolute Gasteiger partial charge is 0.252 e. The van der Waals surface area contributed by atoms with E-state index in [1.165, 1.54) is 11.3 Å². The molecule has 2 rings (SSSR count). The first-order chi connectivity index (χ1) is 9.87. The van der Waals surface area contributed by atoms with Crippen LogP contribution in [-0.2, 0) is 9.53 Å². The summed E-state index contributed by atoms with van der Waals surface area (Å²) in [5.41, 5.74) is 0.507. The predicted octanol–water partition coefficient (Wildman–Crippen LogP) is 3.45. The molecule has 0 fully saturated rings. The molecule has 1 aromatic carbocycles. The Morgan fingerprint density at radius 1 is 1.38 bits per heavy atom. The van der Waals surface area contributed by atoms with E-state index in [9.17, 15) is 4.79 Å². The van der Waals surface area contributed by atoms with Crippen LogP contribution in [0.15, 0.2) is 18.2 Å². The van der Waals surface area contributed by atoms with Crippen LogP contribution in [0.1, 0.15) is 27.7 Å². The number of anilines is 1. The largest absolute Gasteiger partial charge is 0.494 e. The summed E-state index contributed by atoms with van der Waals surface area (Å²) in [6.07, 6.45) is 0. The molecule has 21 heavy (non-hydrogen) atoms. The zero-order valence-electron chi connectivity index (χ0n) is 12.7. The lowest BCUT2D eigenvalue weighted by molar-refractivity contribution is -0.125. The minimum atomic E-state index is -0.336. The predicted molar refractivity (Wildman–Crippen MR) is 85.1 cm³/mol. The molecule has 1 heterocycles. The van der Waals surface area contributed by atoms with Gasteiger partial charge in [0.15, 0.2) is 5.13 Å². The van der Waals surface area contributed by atoms with Crippen LogP contribution in [0.5, 0.6) is 5.75 Å². The van der Waals surface area contributed by atoms with Crippen LogP contribution in [0.25, 0.3) is 10.2 Å². The summed E-state index contributed by atoms with van der Waals surface area (Å²) in [5.74, 6) is 0.608. The number of fused-ring (bicyclic) bond motifs is 1. The van der Waals surface area contributed by atoms with E-state index in [2.05, 4.69) is 10.3 Å². The molecule has 0 bridgehead atoms. The highest BCUT2D eigenvalue weighted by atomic mass is 32.1. The van der Waals surface area contributed by atoms with Crippen LogP contribution in [-0.4, -0.2) is 29.7 Å². The summed E-state index contributed by atoms with van der Waals surface area (Å²) >= 11 is 1.42. The van der Waals surface area contributed by atoms with Gasteiger partial charge in [0.25, 0.3) is 5.91 Å². The van der Waals surface area contributed by atoms with Gasteiger partial charge < -0.3 is 9.47 Å². The molecule has 0 unspecified atom stereocenters. The first-order valence-electron chi connectivity index (χ1n) is 6.84. The number of amides is 1. The van der Waals surface area contributed by atoms with Crippen molar-refractivity contribution in [2.75, 3.05) is 18.5 Å². The van der Waals surface area contributed by atoms with E-state index >= 15 is 0 Å². The second kappa shape index (κ2) is 6.41. The number of carbonyl (C=O) groups is 1. The van der Waals surface area contributed by atoms with Crippen LogP contribution in [0, 0.1) is 0 Å². The van der Waals surface area contributed by atoms with Crippen molar-refractivity contribution in [3.8, 4) is 5.75 Å². The third-order valence-electron chi connectivity index (χ3n) is 2.55. The molecule has 0 aliphatic rings. The lowest BCUT2D eigenvalue weighted by Gasteiger charge is -2.18. The number of hydrogen-bond donors (Lipinski definition) is 1. The maximum Gasteiger partial charge on any atom is 0.252 e. The maximum atomic E-state index is 11.8. The Bertz CT molecular complexity index is 631. The first-order valence-corrected chi connectivity index (χ1v) is 7.66. The van der Waals surface area contributed by atoms with Crippen LogP contribution < -0.4 is 10.1 Å². The van der Waals surface area contributed by atoms with Crippen molar-refractivity contribution in [1.29, 1.82) is 0 Å². The van der Waals surface area contributed by atoms with Crippen molar-refractivity contribution in [1.82, 2.24) is 4.98 Å². The van der Waals surface area contributed by atoms with E-state index in [-0.39, 0.29) is 18.1 Å². The second-order valence-electron chi connectivity index (χ2n) is 5.53. The Balaban J connectivity index is 2.03. The Hall–Kier alpha value is -1.66. The van der Waals surface area contributed by atoms with Crippen molar-refractivity contribution in [3.63, 3.8) is 0 Å². The van der Waals surface area contributed by atoms with E-state index in [0.29, 0.717) is 11.7 Å². The number of carbonyl (C=O) groups excluding carboxylic acids is 1. The van der Waals surface area contributed by atoms with Crippen molar-refractivity contribution < 1.29 is 14.3 Å². The first kappa shape index (κ1) is 15.7. The molecule has 0 radical (unpaired) electrons. The average molecular weight is 308 g/mol. The van der Waals surface area contributed by atoms with Gasteiger partial charge in [-0.05, 0) is 45.9 Å². The van der Waals surface area contributed by atoms with Gasteiger partial charge >= 0.3 is 0 Å². The van der Waals surface area contributed by atoms with Gasteiger partial charge in [0.2, 0.25) is 0 Å². The lowest BCUT2D eigenvalue weighted by atomic mass is 10.2. The Labute approximate surface area is 128 Å². The van der Waals surface area contributed by atoms with Gasteiger partial charge in [-0.25, -0.2) is 4.98 Å². The molecule has 1 N–H and O–H groups in total. The molecule has 114 valence electrons. The van der Waals surface area contributed by atoms with Gasteiger partial charge in [-0.2, -0.15) is 0 Å². The topological polar surface area (TPSA) is 60.5 Å². The van der Waals surface area contributed by atoms with Gasteiger partial charge in [0, 0.05) is 0 Å². The van der Waals surface area contributed by atoms with Gasteiger partial charge in [0.1, 0.15) is 12.4 Å². The number of nitrogens with zero attached hydrogens (tertiary/aromatic N) is 1. The zero-order valence-corrected chi connectivity index (χ0v) is 13.5. The highest BCUT2D eigenvalue weighted by Gasteiger charge is 2.14. The lowest BCUT2D eigenvalue weighted by Crippen LogP contribution is -2.27. The third-order valence-corrected chi connectivity index (χ3v) is 3.49. The molecule has 0 spiro atoms. The molecule has 1 aromatic heterocycles. The molecule has 0 saturated carbocycles. The third kappa shape index (κ3) is 4.68. The number of nitrogens with one attached hydrogen (secondary N) is 1. The zero-order chi connectivity index (χ0) is 15.5.